The lowest BCUT2D eigenvalue weighted by Crippen LogP contribution is -2.11. The van der Waals surface area contributed by atoms with E-state index in [2.05, 4.69) is 144 Å². The first-order valence-corrected chi connectivity index (χ1v) is 18.4. The van der Waals surface area contributed by atoms with Gasteiger partial charge in [-0.25, -0.2) is 19.9 Å². The predicted molar refractivity (Wildman–Crippen MR) is 227 cm³/mol. The van der Waals surface area contributed by atoms with E-state index in [-0.39, 0.29) is 0 Å². The summed E-state index contributed by atoms with van der Waals surface area (Å²) < 4.78 is 0. The Labute approximate surface area is 318 Å². The fourth-order valence-corrected chi connectivity index (χ4v) is 7.50. The largest absolute Gasteiger partial charge is 0.310 e. The van der Waals surface area contributed by atoms with E-state index in [9.17, 15) is 0 Å². The van der Waals surface area contributed by atoms with Gasteiger partial charge in [-0.2, -0.15) is 0 Å². The van der Waals surface area contributed by atoms with Crippen molar-refractivity contribution in [2.24, 2.45) is 0 Å². The van der Waals surface area contributed by atoms with Crippen LogP contribution in [0.25, 0.3) is 77.9 Å². The number of aromatic nitrogens is 4. The zero-order valence-corrected chi connectivity index (χ0v) is 29.8. The molecule has 8 aromatic carbocycles. The Hall–Kier alpha value is -7.50. The Bertz CT molecular complexity index is 2870. The molecule has 0 aliphatic rings. The number of benzene rings is 8. The molecule has 0 fully saturated rings. The van der Waals surface area contributed by atoms with Crippen LogP contribution in [0.4, 0.5) is 17.1 Å². The second-order valence-corrected chi connectivity index (χ2v) is 13.5. The molecule has 0 atom stereocenters. The summed E-state index contributed by atoms with van der Waals surface area (Å²) in [6.45, 7) is 0. The average Bonchev–Trinajstić information content (AvgIpc) is 3.27. The third-order valence-corrected chi connectivity index (χ3v) is 10.1. The van der Waals surface area contributed by atoms with Gasteiger partial charge in [0.05, 0.1) is 16.9 Å². The molecule has 258 valence electrons. The van der Waals surface area contributed by atoms with E-state index in [1.54, 1.807) is 0 Å². The van der Waals surface area contributed by atoms with E-state index in [0.717, 1.165) is 77.5 Å². The fraction of sp³-hybridized carbons (Fsp3) is 0. The van der Waals surface area contributed by atoms with Crippen LogP contribution >= 0.6 is 0 Å². The molecule has 55 heavy (non-hydrogen) atoms. The van der Waals surface area contributed by atoms with Crippen LogP contribution in [0, 0.1) is 0 Å². The minimum Gasteiger partial charge on any atom is -0.310 e. The molecule has 0 aliphatic heterocycles. The van der Waals surface area contributed by atoms with Crippen molar-refractivity contribution in [3.63, 3.8) is 0 Å². The fourth-order valence-electron chi connectivity index (χ4n) is 7.50. The number of nitrogens with zero attached hydrogens (tertiary/aromatic N) is 5. The zero-order chi connectivity index (χ0) is 36.6. The molecule has 5 nitrogen and oxygen atoms in total. The second-order valence-electron chi connectivity index (χ2n) is 13.5. The van der Waals surface area contributed by atoms with Crippen molar-refractivity contribution in [2.75, 3.05) is 4.90 Å². The SMILES string of the molecule is c1ccc(-c2nc(-c3ccccc3)nc(-c3ccc4ccc5c(-c6ccccc6N(c6ccccc6)c6ccccc6)nc6ccccc6c5c4c3)n2)cc1. The first-order valence-electron chi connectivity index (χ1n) is 18.4. The van der Waals surface area contributed by atoms with Gasteiger partial charge in [0, 0.05) is 49.8 Å². The number of rotatable bonds is 7. The summed E-state index contributed by atoms with van der Waals surface area (Å²) in [5.41, 5.74) is 8.88. The number of hydrogen-bond donors (Lipinski definition) is 0. The van der Waals surface area contributed by atoms with Gasteiger partial charge >= 0.3 is 0 Å². The van der Waals surface area contributed by atoms with Crippen LogP contribution < -0.4 is 4.90 Å². The van der Waals surface area contributed by atoms with Gasteiger partial charge in [-0.3, -0.25) is 0 Å². The summed E-state index contributed by atoms with van der Waals surface area (Å²) >= 11 is 0. The van der Waals surface area contributed by atoms with E-state index < -0.39 is 0 Å². The molecular weight excluding hydrogens is 671 g/mol. The van der Waals surface area contributed by atoms with Crippen molar-refractivity contribution < 1.29 is 0 Å². The van der Waals surface area contributed by atoms with Crippen molar-refractivity contribution in [3.8, 4) is 45.4 Å². The van der Waals surface area contributed by atoms with Crippen LogP contribution in [0.15, 0.2) is 200 Å². The molecule has 2 aromatic heterocycles. The molecule has 0 aliphatic carbocycles. The van der Waals surface area contributed by atoms with Crippen LogP contribution in [0.2, 0.25) is 0 Å². The number of fused-ring (bicyclic) bond motifs is 5. The van der Waals surface area contributed by atoms with Crippen LogP contribution in [-0.4, -0.2) is 19.9 Å². The summed E-state index contributed by atoms with van der Waals surface area (Å²) in [6, 6.07) is 69.2. The van der Waals surface area contributed by atoms with Crippen LogP contribution in [0.1, 0.15) is 0 Å². The Kier molecular flexibility index (Phi) is 8.08. The summed E-state index contributed by atoms with van der Waals surface area (Å²) in [7, 11) is 0. The molecule has 0 saturated carbocycles. The lowest BCUT2D eigenvalue weighted by molar-refractivity contribution is 1.07. The highest BCUT2D eigenvalue weighted by atomic mass is 15.1. The molecular formula is C50H33N5. The van der Waals surface area contributed by atoms with Gasteiger partial charge in [-0.05, 0) is 53.2 Å². The van der Waals surface area contributed by atoms with Crippen molar-refractivity contribution in [2.45, 2.75) is 0 Å². The Morgan fingerprint density at radius 2 is 0.855 bits per heavy atom. The molecule has 0 radical (unpaired) electrons. The highest BCUT2D eigenvalue weighted by Crippen LogP contribution is 2.44. The molecule has 10 rings (SSSR count). The predicted octanol–water partition coefficient (Wildman–Crippen LogP) is 12.9. The maximum Gasteiger partial charge on any atom is 0.164 e. The van der Waals surface area contributed by atoms with Gasteiger partial charge in [-0.1, -0.05) is 158 Å². The maximum atomic E-state index is 5.42. The number of pyridine rings is 1. The average molecular weight is 704 g/mol. The molecule has 0 saturated heterocycles. The van der Waals surface area contributed by atoms with Crippen molar-refractivity contribution in [1.82, 2.24) is 19.9 Å². The minimum absolute atomic E-state index is 0.622. The van der Waals surface area contributed by atoms with Crippen molar-refractivity contribution >= 4 is 49.5 Å². The first kappa shape index (κ1) is 32.2. The zero-order valence-electron chi connectivity index (χ0n) is 29.8. The second kappa shape index (κ2) is 13.8. The number of hydrogen-bond acceptors (Lipinski definition) is 5. The molecule has 0 spiro atoms. The Morgan fingerprint density at radius 1 is 0.345 bits per heavy atom. The summed E-state index contributed by atoms with van der Waals surface area (Å²) in [6.07, 6.45) is 0. The molecule has 10 aromatic rings. The van der Waals surface area contributed by atoms with Gasteiger partial charge in [0.25, 0.3) is 0 Å². The van der Waals surface area contributed by atoms with Crippen LogP contribution in [0.5, 0.6) is 0 Å². The maximum absolute atomic E-state index is 5.42. The molecule has 0 amide bonds. The standard InChI is InChI=1S/C50H33N5/c1-5-17-35(18-6-1)48-52-49(36-19-7-2-8-20-36)54-50(53-48)37-30-29-34-31-32-42-46(43(34)33-37)40-25-13-15-27-44(40)51-47(42)41-26-14-16-28-45(41)55(38-21-9-3-10-22-38)39-23-11-4-12-24-39/h1-33H. The number of para-hydroxylation sites is 4. The normalized spacial score (nSPS) is 11.3. The Morgan fingerprint density at radius 3 is 1.49 bits per heavy atom. The Balaban J connectivity index is 1.22. The monoisotopic (exact) mass is 703 g/mol. The van der Waals surface area contributed by atoms with Crippen LogP contribution in [-0.2, 0) is 0 Å². The van der Waals surface area contributed by atoms with Gasteiger partial charge in [-0.15, -0.1) is 0 Å². The van der Waals surface area contributed by atoms with E-state index in [0.29, 0.717) is 17.5 Å². The van der Waals surface area contributed by atoms with Crippen molar-refractivity contribution in [1.29, 1.82) is 0 Å². The minimum atomic E-state index is 0.622. The molecule has 0 N–H and O–H groups in total. The highest BCUT2D eigenvalue weighted by molar-refractivity contribution is 6.23. The van der Waals surface area contributed by atoms with E-state index in [4.69, 9.17) is 19.9 Å². The summed E-state index contributed by atoms with van der Waals surface area (Å²) in [5, 5.41) is 5.54. The lowest BCUT2D eigenvalue weighted by atomic mass is 9.93. The third kappa shape index (κ3) is 5.94. The van der Waals surface area contributed by atoms with Gasteiger partial charge in [0.2, 0.25) is 0 Å². The van der Waals surface area contributed by atoms with E-state index in [1.807, 2.05) is 60.7 Å². The quantitative estimate of drug-likeness (QED) is 0.155. The van der Waals surface area contributed by atoms with E-state index in [1.165, 1.54) is 0 Å². The lowest BCUT2D eigenvalue weighted by Gasteiger charge is -2.28. The molecule has 2 heterocycles. The van der Waals surface area contributed by atoms with Gasteiger partial charge in [0.1, 0.15) is 0 Å². The summed E-state index contributed by atoms with van der Waals surface area (Å²) in [4.78, 5) is 22.8. The third-order valence-electron chi connectivity index (χ3n) is 10.1. The van der Waals surface area contributed by atoms with Gasteiger partial charge < -0.3 is 4.90 Å². The van der Waals surface area contributed by atoms with E-state index >= 15 is 0 Å². The topological polar surface area (TPSA) is 54.8 Å². The van der Waals surface area contributed by atoms with Gasteiger partial charge in [0.15, 0.2) is 17.5 Å². The van der Waals surface area contributed by atoms with Crippen molar-refractivity contribution in [3.05, 3.63) is 200 Å². The van der Waals surface area contributed by atoms with Crippen LogP contribution in [0.3, 0.4) is 0 Å². The smallest absolute Gasteiger partial charge is 0.164 e. The highest BCUT2D eigenvalue weighted by Gasteiger charge is 2.21. The molecule has 5 heteroatoms. The molecule has 0 unspecified atom stereocenters. The summed E-state index contributed by atoms with van der Waals surface area (Å²) in [5.74, 6) is 1.90. The first-order chi connectivity index (χ1) is 27.3. The molecule has 0 bridgehead atoms. The number of anilines is 3.